The van der Waals surface area contributed by atoms with E-state index in [4.69, 9.17) is 5.11 Å². The average molecular weight is 167 g/mol. The van der Waals surface area contributed by atoms with Gasteiger partial charge in [0, 0.05) is 19.8 Å². The monoisotopic (exact) mass is 167 g/mol. The second-order valence-corrected chi connectivity index (χ2v) is 3.36. The van der Waals surface area contributed by atoms with Gasteiger partial charge in [-0.15, -0.1) is 0 Å². The molecule has 0 atom stereocenters. The third-order valence-corrected chi connectivity index (χ3v) is 2.15. The average Bonchev–Trinajstić information content (AvgIpc) is 2.28. The Hall–Kier alpha value is -0.760. The van der Waals surface area contributed by atoms with Gasteiger partial charge in [0.25, 0.3) is 0 Å². The Kier molecular flexibility index (Phi) is 3.35. The van der Waals surface area contributed by atoms with Crippen molar-refractivity contribution < 1.29 is 5.11 Å². The van der Waals surface area contributed by atoms with Crippen molar-refractivity contribution in [1.29, 1.82) is 0 Å². The fourth-order valence-electron chi connectivity index (χ4n) is 1.38. The lowest BCUT2D eigenvalue weighted by Gasteiger charge is -2.16. The Morgan fingerprint density at radius 3 is 2.83 bits per heavy atom. The molecule has 0 amide bonds. The first-order valence-corrected chi connectivity index (χ1v) is 4.42. The number of allylic oxidation sites excluding steroid dienone is 2. The van der Waals surface area contributed by atoms with Gasteiger partial charge in [-0.3, -0.25) is 0 Å². The van der Waals surface area contributed by atoms with Crippen LogP contribution in [0.4, 0.5) is 0 Å². The third kappa shape index (κ3) is 2.38. The minimum absolute atomic E-state index is 0.164. The van der Waals surface area contributed by atoms with Gasteiger partial charge >= 0.3 is 0 Å². The molecule has 0 radical (unpaired) electrons. The van der Waals surface area contributed by atoms with Crippen LogP contribution < -0.4 is 0 Å². The van der Waals surface area contributed by atoms with Crippen LogP contribution in [0.5, 0.6) is 0 Å². The van der Waals surface area contributed by atoms with E-state index in [0.717, 1.165) is 18.4 Å². The molecule has 1 aliphatic rings. The van der Waals surface area contributed by atoms with Gasteiger partial charge in [-0.2, -0.15) is 0 Å². The van der Waals surface area contributed by atoms with Gasteiger partial charge in [0.05, 0.1) is 6.61 Å². The molecule has 0 heterocycles. The van der Waals surface area contributed by atoms with Crippen molar-refractivity contribution in [1.82, 2.24) is 4.90 Å². The molecule has 0 spiro atoms. The molecule has 0 aliphatic heterocycles. The molecule has 0 unspecified atom stereocenters. The number of nitrogens with zero attached hydrogens (tertiary/aromatic N) is 1. The summed E-state index contributed by atoms with van der Waals surface area (Å²) in [6.07, 6.45) is 7.60. The highest BCUT2D eigenvalue weighted by atomic mass is 16.3. The van der Waals surface area contributed by atoms with Crippen LogP contribution in [0.1, 0.15) is 19.3 Å². The van der Waals surface area contributed by atoms with Gasteiger partial charge in [0.2, 0.25) is 0 Å². The van der Waals surface area contributed by atoms with Crippen molar-refractivity contribution in [3.05, 3.63) is 23.4 Å². The smallest absolute Gasteiger partial charge is 0.0679 e. The number of rotatable bonds is 2. The normalized spacial score (nSPS) is 17.9. The van der Waals surface area contributed by atoms with E-state index in [9.17, 15) is 0 Å². The maximum absolute atomic E-state index is 8.98. The van der Waals surface area contributed by atoms with Gasteiger partial charge < -0.3 is 10.0 Å². The van der Waals surface area contributed by atoms with Crippen molar-refractivity contribution >= 4 is 0 Å². The molecule has 0 aromatic carbocycles. The first kappa shape index (κ1) is 9.33. The zero-order chi connectivity index (χ0) is 8.97. The molecule has 1 N–H and O–H groups in total. The highest BCUT2D eigenvalue weighted by molar-refractivity contribution is 5.25. The summed E-state index contributed by atoms with van der Waals surface area (Å²) in [5.41, 5.74) is 2.36. The van der Waals surface area contributed by atoms with E-state index in [0.29, 0.717) is 0 Å². The quantitative estimate of drug-likeness (QED) is 0.674. The molecule has 12 heavy (non-hydrogen) atoms. The number of hydrogen-bond donors (Lipinski definition) is 1. The van der Waals surface area contributed by atoms with Gasteiger partial charge in [0.15, 0.2) is 0 Å². The lowest BCUT2D eigenvalue weighted by Crippen LogP contribution is -2.11. The van der Waals surface area contributed by atoms with Crippen LogP contribution in [-0.4, -0.2) is 30.7 Å². The standard InChI is InChI=1S/C10H17NO/c1-11(2)10-6-4-3-5-9(7-10)8-12/h5,7,12H,3-4,6,8H2,1-2H3. The third-order valence-electron chi connectivity index (χ3n) is 2.15. The summed E-state index contributed by atoms with van der Waals surface area (Å²) in [6, 6.07) is 0. The first-order valence-electron chi connectivity index (χ1n) is 4.42. The Morgan fingerprint density at radius 1 is 1.50 bits per heavy atom. The van der Waals surface area contributed by atoms with Crippen LogP contribution in [-0.2, 0) is 0 Å². The fourth-order valence-corrected chi connectivity index (χ4v) is 1.38. The molecule has 2 nitrogen and oxygen atoms in total. The van der Waals surface area contributed by atoms with E-state index < -0.39 is 0 Å². The number of aliphatic hydroxyl groups excluding tert-OH is 1. The molecule has 2 heteroatoms. The largest absolute Gasteiger partial charge is 0.392 e. The van der Waals surface area contributed by atoms with Crippen LogP contribution in [0, 0.1) is 0 Å². The Morgan fingerprint density at radius 2 is 2.25 bits per heavy atom. The molecule has 0 aromatic rings. The van der Waals surface area contributed by atoms with Crippen LogP contribution in [0.25, 0.3) is 0 Å². The van der Waals surface area contributed by atoms with E-state index in [2.05, 4.69) is 17.1 Å². The fraction of sp³-hybridized carbons (Fsp3) is 0.600. The minimum Gasteiger partial charge on any atom is -0.392 e. The SMILES string of the molecule is CN(C)C1=CC(CO)=CCCC1. The van der Waals surface area contributed by atoms with Gasteiger partial charge in [-0.1, -0.05) is 6.08 Å². The van der Waals surface area contributed by atoms with Crippen molar-refractivity contribution in [2.75, 3.05) is 20.7 Å². The maximum atomic E-state index is 8.98. The molecule has 1 rings (SSSR count). The topological polar surface area (TPSA) is 23.5 Å². The molecule has 1 aliphatic carbocycles. The summed E-state index contributed by atoms with van der Waals surface area (Å²) in [5.74, 6) is 0. The van der Waals surface area contributed by atoms with Gasteiger partial charge in [-0.05, 0) is 30.9 Å². The highest BCUT2D eigenvalue weighted by Gasteiger charge is 2.04. The Balaban J connectivity index is 2.73. The summed E-state index contributed by atoms with van der Waals surface area (Å²) in [7, 11) is 4.10. The minimum atomic E-state index is 0.164. The summed E-state index contributed by atoms with van der Waals surface area (Å²) in [5, 5.41) is 8.98. The van der Waals surface area contributed by atoms with Gasteiger partial charge in [0.1, 0.15) is 0 Å². The number of hydrogen-bond acceptors (Lipinski definition) is 2. The molecule has 68 valence electrons. The van der Waals surface area contributed by atoms with Crippen molar-refractivity contribution in [2.24, 2.45) is 0 Å². The summed E-state index contributed by atoms with van der Waals surface area (Å²) in [6.45, 7) is 0.164. The van der Waals surface area contributed by atoms with Crippen LogP contribution in [0.3, 0.4) is 0 Å². The second-order valence-electron chi connectivity index (χ2n) is 3.36. The van der Waals surface area contributed by atoms with Crippen LogP contribution in [0.15, 0.2) is 23.4 Å². The number of aliphatic hydroxyl groups is 1. The molecule has 0 fully saturated rings. The van der Waals surface area contributed by atoms with Crippen LogP contribution >= 0.6 is 0 Å². The van der Waals surface area contributed by atoms with E-state index in [-0.39, 0.29) is 6.61 Å². The maximum Gasteiger partial charge on any atom is 0.0679 e. The van der Waals surface area contributed by atoms with Gasteiger partial charge in [-0.25, -0.2) is 0 Å². The second kappa shape index (κ2) is 4.31. The van der Waals surface area contributed by atoms with E-state index >= 15 is 0 Å². The highest BCUT2D eigenvalue weighted by Crippen LogP contribution is 2.17. The summed E-state index contributed by atoms with van der Waals surface area (Å²) >= 11 is 0. The van der Waals surface area contributed by atoms with Crippen molar-refractivity contribution in [2.45, 2.75) is 19.3 Å². The zero-order valence-corrected chi connectivity index (χ0v) is 7.88. The Bertz CT molecular complexity index is 204. The lowest BCUT2D eigenvalue weighted by atomic mass is 10.2. The molecular formula is C10H17NO. The van der Waals surface area contributed by atoms with Crippen LogP contribution in [0.2, 0.25) is 0 Å². The van der Waals surface area contributed by atoms with E-state index in [1.54, 1.807) is 0 Å². The zero-order valence-electron chi connectivity index (χ0n) is 7.88. The van der Waals surface area contributed by atoms with E-state index in [1.807, 2.05) is 14.1 Å². The summed E-state index contributed by atoms with van der Waals surface area (Å²) < 4.78 is 0. The Labute approximate surface area is 74.2 Å². The van der Waals surface area contributed by atoms with Crippen molar-refractivity contribution in [3.8, 4) is 0 Å². The molecule has 0 bridgehead atoms. The molecule has 0 saturated heterocycles. The van der Waals surface area contributed by atoms with Crippen molar-refractivity contribution in [3.63, 3.8) is 0 Å². The molecule has 0 saturated carbocycles. The predicted molar refractivity (Wildman–Crippen MR) is 50.8 cm³/mol. The first-order chi connectivity index (χ1) is 5.74. The summed E-state index contributed by atoms with van der Waals surface area (Å²) in [4.78, 5) is 2.12. The van der Waals surface area contributed by atoms with E-state index in [1.165, 1.54) is 12.1 Å². The molecular weight excluding hydrogens is 150 g/mol. The molecule has 0 aromatic heterocycles. The lowest BCUT2D eigenvalue weighted by molar-refractivity contribution is 0.334. The predicted octanol–water partition coefficient (Wildman–Crippen LogP) is 1.53.